The Morgan fingerprint density at radius 2 is 2.11 bits per heavy atom. The van der Waals surface area contributed by atoms with Gasteiger partial charge in [0.25, 0.3) is 0 Å². The van der Waals surface area contributed by atoms with Crippen LogP contribution in [0.4, 0.5) is 4.79 Å². The molecule has 0 spiro atoms. The minimum Gasteiger partial charge on any atom is -0.481 e. The Hall–Kier alpha value is -1.52. The van der Waals surface area contributed by atoms with Crippen molar-refractivity contribution < 1.29 is 14.7 Å². The molecule has 1 saturated heterocycles. The van der Waals surface area contributed by atoms with Crippen LogP contribution in [0.1, 0.15) is 26.7 Å². The lowest BCUT2D eigenvalue weighted by Gasteiger charge is -2.22. The van der Waals surface area contributed by atoms with Crippen molar-refractivity contribution in [1.29, 1.82) is 0 Å². The third kappa shape index (κ3) is 2.83. The zero-order valence-electron chi connectivity index (χ0n) is 10.8. The van der Waals surface area contributed by atoms with Crippen LogP contribution in [0.5, 0.6) is 0 Å². The summed E-state index contributed by atoms with van der Waals surface area (Å²) in [5.41, 5.74) is 0.187. The molecule has 2 N–H and O–H groups in total. The van der Waals surface area contributed by atoms with Crippen molar-refractivity contribution in [2.75, 3.05) is 13.1 Å². The van der Waals surface area contributed by atoms with Gasteiger partial charge in [0.2, 0.25) is 0 Å². The van der Waals surface area contributed by atoms with E-state index in [0.717, 1.165) is 19.5 Å². The number of likely N-dealkylation sites (tertiary alicyclic amines) is 1. The van der Waals surface area contributed by atoms with E-state index in [-0.39, 0.29) is 17.5 Å². The summed E-state index contributed by atoms with van der Waals surface area (Å²) in [4.78, 5) is 24.6. The summed E-state index contributed by atoms with van der Waals surface area (Å²) in [7, 11) is 0. The molecule has 1 aliphatic heterocycles. The van der Waals surface area contributed by atoms with Crippen LogP contribution in [-0.4, -0.2) is 41.1 Å². The van der Waals surface area contributed by atoms with Crippen molar-refractivity contribution in [1.82, 2.24) is 10.2 Å². The van der Waals surface area contributed by atoms with Gasteiger partial charge in [-0.05, 0) is 18.3 Å². The first-order chi connectivity index (χ1) is 8.37. The second kappa shape index (κ2) is 4.63. The Balaban J connectivity index is 1.83. The minimum absolute atomic E-state index is 0.0822. The Labute approximate surface area is 107 Å². The Morgan fingerprint density at radius 3 is 2.61 bits per heavy atom. The lowest BCUT2D eigenvalue weighted by molar-refractivity contribution is -0.140. The quantitative estimate of drug-likeness (QED) is 0.731. The van der Waals surface area contributed by atoms with Crippen molar-refractivity contribution in [2.45, 2.75) is 32.7 Å². The monoisotopic (exact) mass is 252 g/mol. The fourth-order valence-corrected chi connectivity index (χ4v) is 2.52. The highest BCUT2D eigenvalue weighted by atomic mass is 16.4. The molecular weight excluding hydrogens is 232 g/mol. The maximum atomic E-state index is 12.0. The van der Waals surface area contributed by atoms with Gasteiger partial charge in [0.15, 0.2) is 0 Å². The molecule has 1 heterocycles. The van der Waals surface area contributed by atoms with Gasteiger partial charge in [-0.2, -0.15) is 0 Å². The van der Waals surface area contributed by atoms with Crippen LogP contribution in [0.3, 0.4) is 0 Å². The van der Waals surface area contributed by atoms with Crippen LogP contribution in [0.2, 0.25) is 0 Å². The summed E-state index contributed by atoms with van der Waals surface area (Å²) < 4.78 is 0. The molecule has 2 atom stereocenters. The predicted molar refractivity (Wildman–Crippen MR) is 67.2 cm³/mol. The summed E-state index contributed by atoms with van der Waals surface area (Å²) in [6.07, 6.45) is 4.90. The molecular formula is C13H20N2O3. The number of carbonyl (C=O) groups excluding carboxylic acids is 1. The third-order valence-corrected chi connectivity index (χ3v) is 3.67. The van der Waals surface area contributed by atoms with E-state index in [0.29, 0.717) is 6.42 Å². The van der Waals surface area contributed by atoms with Gasteiger partial charge >= 0.3 is 12.0 Å². The van der Waals surface area contributed by atoms with E-state index in [1.807, 2.05) is 4.90 Å². The second-order valence-corrected chi connectivity index (χ2v) is 5.96. The average molecular weight is 252 g/mol. The summed E-state index contributed by atoms with van der Waals surface area (Å²) >= 11 is 0. The first-order valence-electron chi connectivity index (χ1n) is 6.34. The molecule has 0 saturated carbocycles. The number of urea groups is 1. The zero-order chi connectivity index (χ0) is 13.3. The minimum atomic E-state index is -0.828. The third-order valence-electron chi connectivity index (χ3n) is 3.67. The zero-order valence-corrected chi connectivity index (χ0v) is 10.8. The maximum absolute atomic E-state index is 12.0. The number of carbonyl (C=O) groups is 2. The number of amides is 2. The molecule has 0 aromatic carbocycles. The van der Waals surface area contributed by atoms with Crippen LogP contribution >= 0.6 is 0 Å². The fourth-order valence-electron chi connectivity index (χ4n) is 2.52. The molecule has 1 fully saturated rings. The van der Waals surface area contributed by atoms with Gasteiger partial charge in [-0.25, -0.2) is 4.79 Å². The number of nitrogens with one attached hydrogen (secondary N) is 1. The van der Waals surface area contributed by atoms with Gasteiger partial charge in [0.1, 0.15) is 0 Å². The van der Waals surface area contributed by atoms with E-state index in [1.54, 1.807) is 12.2 Å². The van der Waals surface area contributed by atoms with Gasteiger partial charge in [0, 0.05) is 13.1 Å². The molecule has 2 unspecified atom stereocenters. The number of carboxylic acids is 1. The first-order valence-corrected chi connectivity index (χ1v) is 6.34. The van der Waals surface area contributed by atoms with Crippen molar-refractivity contribution in [2.24, 2.45) is 11.3 Å². The number of hydrogen-bond acceptors (Lipinski definition) is 2. The molecule has 2 amide bonds. The van der Waals surface area contributed by atoms with Crippen LogP contribution in [0, 0.1) is 11.3 Å². The Morgan fingerprint density at radius 1 is 1.39 bits per heavy atom. The number of carboxylic acid groups (broad SMARTS) is 1. The molecule has 5 nitrogen and oxygen atoms in total. The highest BCUT2D eigenvalue weighted by molar-refractivity contribution is 5.76. The van der Waals surface area contributed by atoms with E-state index in [4.69, 9.17) is 5.11 Å². The highest BCUT2D eigenvalue weighted by Crippen LogP contribution is 2.29. The Bertz CT molecular complexity index is 390. The standard InChI is InChI=1S/C13H20N2O3/c1-13(2)5-6-15(8-13)12(18)14-10-4-3-9(7-10)11(16)17/h3-4,9-10H,5-8H2,1-2H3,(H,14,18)(H,16,17). The van der Waals surface area contributed by atoms with Gasteiger partial charge < -0.3 is 15.3 Å². The van der Waals surface area contributed by atoms with Gasteiger partial charge in [-0.3, -0.25) is 4.79 Å². The van der Waals surface area contributed by atoms with Crippen molar-refractivity contribution >= 4 is 12.0 Å². The molecule has 2 rings (SSSR count). The molecule has 0 radical (unpaired) electrons. The molecule has 18 heavy (non-hydrogen) atoms. The summed E-state index contributed by atoms with van der Waals surface area (Å²) in [6, 6.07) is -0.233. The van der Waals surface area contributed by atoms with Crippen LogP contribution in [0.15, 0.2) is 12.2 Å². The van der Waals surface area contributed by atoms with E-state index < -0.39 is 11.9 Å². The second-order valence-electron chi connectivity index (χ2n) is 5.96. The van der Waals surface area contributed by atoms with Crippen LogP contribution in [-0.2, 0) is 4.79 Å². The molecule has 0 aromatic rings. The molecule has 1 aliphatic carbocycles. The maximum Gasteiger partial charge on any atom is 0.317 e. The summed E-state index contributed by atoms with van der Waals surface area (Å²) in [5.74, 6) is -1.30. The molecule has 0 aromatic heterocycles. The predicted octanol–water partition coefficient (Wildman–Crippen LogP) is 1.46. The number of rotatable bonds is 2. The SMILES string of the molecule is CC1(C)CCN(C(=O)NC2C=CC(C(=O)O)C2)C1. The number of aliphatic carboxylic acids is 1. The number of hydrogen-bond donors (Lipinski definition) is 2. The highest BCUT2D eigenvalue weighted by Gasteiger charge is 2.33. The Kier molecular flexibility index (Phi) is 3.32. The smallest absolute Gasteiger partial charge is 0.317 e. The molecule has 100 valence electrons. The van der Waals surface area contributed by atoms with E-state index in [9.17, 15) is 9.59 Å². The normalized spacial score (nSPS) is 29.6. The van der Waals surface area contributed by atoms with E-state index >= 15 is 0 Å². The van der Waals surface area contributed by atoms with E-state index in [1.165, 1.54) is 0 Å². The molecule has 0 bridgehead atoms. The number of nitrogens with zero attached hydrogens (tertiary/aromatic N) is 1. The molecule has 2 aliphatic rings. The lowest BCUT2D eigenvalue weighted by atomic mass is 9.93. The summed E-state index contributed by atoms with van der Waals surface area (Å²) in [5, 5.41) is 11.8. The van der Waals surface area contributed by atoms with Gasteiger partial charge in [0.05, 0.1) is 12.0 Å². The van der Waals surface area contributed by atoms with Crippen molar-refractivity contribution in [3.05, 3.63) is 12.2 Å². The lowest BCUT2D eigenvalue weighted by Crippen LogP contribution is -2.43. The van der Waals surface area contributed by atoms with Crippen molar-refractivity contribution in [3.63, 3.8) is 0 Å². The van der Waals surface area contributed by atoms with Crippen LogP contribution in [0.25, 0.3) is 0 Å². The van der Waals surface area contributed by atoms with E-state index in [2.05, 4.69) is 19.2 Å². The van der Waals surface area contributed by atoms with Gasteiger partial charge in [-0.1, -0.05) is 26.0 Å². The van der Waals surface area contributed by atoms with Gasteiger partial charge in [-0.15, -0.1) is 0 Å². The molecule has 5 heteroatoms. The largest absolute Gasteiger partial charge is 0.481 e. The average Bonchev–Trinajstić information content (AvgIpc) is 2.84. The van der Waals surface area contributed by atoms with Crippen LogP contribution < -0.4 is 5.32 Å². The fraction of sp³-hybridized carbons (Fsp3) is 0.692. The first kappa shape index (κ1) is 12.9. The van der Waals surface area contributed by atoms with Crippen molar-refractivity contribution in [3.8, 4) is 0 Å². The topological polar surface area (TPSA) is 69.6 Å². The summed E-state index contributed by atoms with van der Waals surface area (Å²) in [6.45, 7) is 5.83.